The Morgan fingerprint density at radius 2 is 1.43 bits per heavy atom. The number of hydrogen-bond acceptors (Lipinski definition) is 4. The van der Waals surface area contributed by atoms with E-state index in [-0.39, 0.29) is 25.7 Å². The number of sulfonamides is 1. The zero-order chi connectivity index (χ0) is 16.6. The highest BCUT2D eigenvalue weighted by Gasteiger charge is 2.20. The Bertz CT molecular complexity index is 850. The fourth-order valence-electron chi connectivity index (χ4n) is 2.03. The summed E-state index contributed by atoms with van der Waals surface area (Å²) in [6.07, 6.45) is 0. The van der Waals surface area contributed by atoms with E-state index in [9.17, 15) is 8.42 Å². The van der Waals surface area contributed by atoms with Gasteiger partial charge in [0.25, 0.3) is 10.0 Å². The lowest BCUT2D eigenvalue weighted by atomic mass is 10.2. The molecule has 2 aromatic rings. The molecule has 0 radical (unpaired) electrons. The van der Waals surface area contributed by atoms with Gasteiger partial charge in [0.1, 0.15) is 13.2 Å². The first-order chi connectivity index (χ1) is 10.8. The van der Waals surface area contributed by atoms with Crippen LogP contribution in [0.5, 0.6) is 11.5 Å². The fraction of sp³-hybridized carbons (Fsp3) is 0.143. The van der Waals surface area contributed by atoms with Crippen LogP contribution >= 0.6 is 34.8 Å². The average molecular weight is 395 g/mol. The predicted molar refractivity (Wildman–Crippen MR) is 89.7 cm³/mol. The molecule has 1 aliphatic rings. The van der Waals surface area contributed by atoms with Crippen molar-refractivity contribution < 1.29 is 17.9 Å². The Hall–Kier alpha value is -1.34. The fourth-order valence-corrected chi connectivity index (χ4v) is 4.08. The molecule has 9 heteroatoms. The molecule has 0 atom stereocenters. The number of benzene rings is 2. The van der Waals surface area contributed by atoms with E-state index in [0.717, 1.165) is 0 Å². The molecule has 1 N–H and O–H groups in total. The van der Waals surface area contributed by atoms with E-state index in [2.05, 4.69) is 4.72 Å². The topological polar surface area (TPSA) is 64.6 Å². The maximum atomic E-state index is 12.5. The van der Waals surface area contributed by atoms with Crippen molar-refractivity contribution in [1.82, 2.24) is 0 Å². The number of fused-ring (bicyclic) bond motifs is 1. The van der Waals surface area contributed by atoms with Crippen molar-refractivity contribution in [2.24, 2.45) is 0 Å². The Kier molecular flexibility index (Phi) is 4.51. The van der Waals surface area contributed by atoms with E-state index in [1.54, 1.807) is 0 Å². The summed E-state index contributed by atoms with van der Waals surface area (Å²) >= 11 is 17.8. The van der Waals surface area contributed by atoms with E-state index in [1.165, 1.54) is 30.3 Å². The van der Waals surface area contributed by atoms with Crippen molar-refractivity contribution in [2.45, 2.75) is 4.90 Å². The standard InChI is InChI=1S/C14H10Cl3NO4S/c15-8-3-9(16)5-10(4-8)23(19,20)18-12-7-14-13(6-11(12)17)21-1-2-22-14/h3-7,18H,1-2H2. The summed E-state index contributed by atoms with van der Waals surface area (Å²) in [4.78, 5) is -0.0686. The van der Waals surface area contributed by atoms with Crippen molar-refractivity contribution >= 4 is 50.5 Å². The summed E-state index contributed by atoms with van der Waals surface area (Å²) in [6.45, 7) is 0.792. The first-order valence-electron chi connectivity index (χ1n) is 6.43. The predicted octanol–water partition coefficient (Wildman–Crippen LogP) is 4.22. The monoisotopic (exact) mass is 393 g/mol. The number of rotatable bonds is 3. The quantitative estimate of drug-likeness (QED) is 0.846. The smallest absolute Gasteiger partial charge is 0.262 e. The van der Waals surface area contributed by atoms with Crippen LogP contribution < -0.4 is 14.2 Å². The van der Waals surface area contributed by atoms with Crippen LogP contribution in [-0.4, -0.2) is 21.6 Å². The molecule has 0 aromatic heterocycles. The van der Waals surface area contributed by atoms with E-state index < -0.39 is 10.0 Å². The zero-order valence-electron chi connectivity index (χ0n) is 11.5. The second-order valence-electron chi connectivity index (χ2n) is 4.69. The molecule has 0 fully saturated rings. The summed E-state index contributed by atoms with van der Waals surface area (Å²) in [5.41, 5.74) is 0.173. The van der Waals surface area contributed by atoms with Gasteiger partial charge in [0, 0.05) is 22.2 Å². The summed E-state index contributed by atoms with van der Waals surface area (Å²) in [6, 6.07) is 7.00. The van der Waals surface area contributed by atoms with Gasteiger partial charge in [0.05, 0.1) is 15.6 Å². The lowest BCUT2D eigenvalue weighted by molar-refractivity contribution is 0.171. The Morgan fingerprint density at radius 3 is 2.04 bits per heavy atom. The minimum atomic E-state index is -3.91. The maximum absolute atomic E-state index is 12.5. The summed E-state index contributed by atoms with van der Waals surface area (Å²) in [7, 11) is -3.91. The zero-order valence-corrected chi connectivity index (χ0v) is 14.6. The van der Waals surface area contributed by atoms with Gasteiger partial charge in [0.2, 0.25) is 0 Å². The van der Waals surface area contributed by atoms with Crippen LogP contribution in [0, 0.1) is 0 Å². The third-order valence-electron chi connectivity index (χ3n) is 3.02. The number of ether oxygens (including phenoxy) is 2. The van der Waals surface area contributed by atoms with Crippen molar-refractivity contribution in [3.05, 3.63) is 45.4 Å². The van der Waals surface area contributed by atoms with E-state index in [1.807, 2.05) is 0 Å². The second kappa shape index (κ2) is 6.28. The van der Waals surface area contributed by atoms with Gasteiger partial charge in [-0.15, -0.1) is 0 Å². The van der Waals surface area contributed by atoms with Gasteiger partial charge in [-0.3, -0.25) is 4.72 Å². The Labute approximate surface area is 148 Å². The first kappa shape index (κ1) is 16.5. The summed E-state index contributed by atoms with van der Waals surface area (Å²) in [5.74, 6) is 0.887. The molecule has 2 aromatic carbocycles. The maximum Gasteiger partial charge on any atom is 0.262 e. The third kappa shape index (κ3) is 3.61. The molecule has 1 heterocycles. The van der Waals surface area contributed by atoms with Gasteiger partial charge in [0.15, 0.2) is 11.5 Å². The van der Waals surface area contributed by atoms with Crippen LogP contribution in [0.25, 0.3) is 0 Å². The van der Waals surface area contributed by atoms with E-state index in [4.69, 9.17) is 44.3 Å². The lowest BCUT2D eigenvalue weighted by Crippen LogP contribution is -2.17. The van der Waals surface area contributed by atoms with Crippen molar-refractivity contribution in [3.8, 4) is 11.5 Å². The minimum Gasteiger partial charge on any atom is -0.486 e. The molecule has 0 saturated carbocycles. The molecule has 3 rings (SSSR count). The SMILES string of the molecule is O=S(=O)(Nc1cc2c(cc1Cl)OCCO2)c1cc(Cl)cc(Cl)c1. The highest BCUT2D eigenvalue weighted by Crippen LogP contribution is 2.38. The highest BCUT2D eigenvalue weighted by atomic mass is 35.5. The van der Waals surface area contributed by atoms with Crippen molar-refractivity contribution in [3.63, 3.8) is 0 Å². The van der Waals surface area contributed by atoms with Gasteiger partial charge in [-0.05, 0) is 18.2 Å². The third-order valence-corrected chi connectivity index (χ3v) is 5.12. The molecule has 1 aliphatic heterocycles. The van der Waals surface area contributed by atoms with Crippen molar-refractivity contribution in [1.29, 1.82) is 0 Å². The molecule has 0 bridgehead atoms. The molecule has 0 aliphatic carbocycles. The van der Waals surface area contributed by atoms with E-state index in [0.29, 0.717) is 24.7 Å². The Balaban J connectivity index is 1.97. The van der Waals surface area contributed by atoms with Crippen LogP contribution in [0.1, 0.15) is 0 Å². The van der Waals surface area contributed by atoms with Crippen molar-refractivity contribution in [2.75, 3.05) is 17.9 Å². The molecule has 0 spiro atoms. The van der Waals surface area contributed by atoms with Gasteiger partial charge in [-0.2, -0.15) is 0 Å². The summed E-state index contributed by atoms with van der Waals surface area (Å²) < 4.78 is 38.1. The second-order valence-corrected chi connectivity index (χ2v) is 7.65. The molecule has 0 unspecified atom stereocenters. The minimum absolute atomic E-state index is 0.0686. The molecular formula is C14H10Cl3NO4S. The molecule has 122 valence electrons. The van der Waals surface area contributed by atoms with Crippen LogP contribution in [0.15, 0.2) is 35.2 Å². The van der Waals surface area contributed by atoms with Crippen LogP contribution in [0.3, 0.4) is 0 Å². The van der Waals surface area contributed by atoms with Gasteiger partial charge in [-0.1, -0.05) is 34.8 Å². The van der Waals surface area contributed by atoms with Crippen LogP contribution in [0.4, 0.5) is 5.69 Å². The number of hydrogen-bond donors (Lipinski definition) is 1. The average Bonchev–Trinajstić information content (AvgIpc) is 2.47. The van der Waals surface area contributed by atoms with Gasteiger partial charge in [-0.25, -0.2) is 8.42 Å². The molecule has 0 amide bonds. The Morgan fingerprint density at radius 1 is 0.870 bits per heavy atom. The normalized spacial score (nSPS) is 13.7. The number of halogens is 3. The summed E-state index contributed by atoms with van der Waals surface area (Å²) in [5, 5.41) is 0.614. The largest absolute Gasteiger partial charge is 0.486 e. The molecule has 5 nitrogen and oxygen atoms in total. The number of anilines is 1. The molecule has 23 heavy (non-hydrogen) atoms. The highest BCUT2D eigenvalue weighted by molar-refractivity contribution is 7.92. The van der Waals surface area contributed by atoms with Gasteiger partial charge >= 0.3 is 0 Å². The lowest BCUT2D eigenvalue weighted by Gasteiger charge is -2.20. The van der Waals surface area contributed by atoms with E-state index >= 15 is 0 Å². The number of nitrogens with one attached hydrogen (secondary N) is 1. The molecular weight excluding hydrogens is 385 g/mol. The molecule has 0 saturated heterocycles. The van der Waals surface area contributed by atoms with Crippen LogP contribution in [-0.2, 0) is 10.0 Å². The van der Waals surface area contributed by atoms with Gasteiger partial charge < -0.3 is 9.47 Å². The van der Waals surface area contributed by atoms with Crippen LogP contribution in [0.2, 0.25) is 15.1 Å². The first-order valence-corrected chi connectivity index (χ1v) is 9.05.